The van der Waals surface area contributed by atoms with Crippen molar-refractivity contribution in [2.24, 2.45) is 0 Å². The van der Waals surface area contributed by atoms with Gasteiger partial charge in [0.25, 0.3) is 5.91 Å². The molecule has 1 aromatic heterocycles. The van der Waals surface area contributed by atoms with Gasteiger partial charge in [-0.2, -0.15) is 0 Å². The number of carbonyl (C=O) groups excluding carboxylic acids is 2. The maximum absolute atomic E-state index is 12.7. The Kier molecular flexibility index (Phi) is 4.33. The molecule has 24 heavy (non-hydrogen) atoms. The summed E-state index contributed by atoms with van der Waals surface area (Å²) in [5.74, 6) is 0.468. The van der Waals surface area contributed by atoms with Crippen LogP contribution in [-0.4, -0.2) is 36.5 Å². The molecule has 0 radical (unpaired) electrons. The molecule has 0 atom stereocenters. The molecule has 0 aliphatic carbocycles. The molecular formula is C17H18N4O3. The van der Waals surface area contributed by atoms with Gasteiger partial charge in [0.1, 0.15) is 12.4 Å². The lowest BCUT2D eigenvalue weighted by Gasteiger charge is -2.30. The van der Waals surface area contributed by atoms with Gasteiger partial charge in [-0.05, 0) is 31.2 Å². The van der Waals surface area contributed by atoms with Gasteiger partial charge in [0.15, 0.2) is 18.2 Å². The number of para-hydroxylation sites is 1. The Morgan fingerprint density at radius 1 is 1.29 bits per heavy atom. The summed E-state index contributed by atoms with van der Waals surface area (Å²) >= 11 is 0. The molecule has 2 heterocycles. The maximum atomic E-state index is 12.7. The minimum atomic E-state index is -0.321. The van der Waals surface area contributed by atoms with Gasteiger partial charge in [-0.15, -0.1) is 0 Å². The molecule has 0 saturated heterocycles. The predicted molar refractivity (Wildman–Crippen MR) is 91.0 cm³/mol. The van der Waals surface area contributed by atoms with Crippen molar-refractivity contribution in [2.75, 3.05) is 35.2 Å². The van der Waals surface area contributed by atoms with Crippen LogP contribution in [0.15, 0.2) is 42.5 Å². The second kappa shape index (κ2) is 6.57. The summed E-state index contributed by atoms with van der Waals surface area (Å²) in [4.78, 5) is 32.0. The largest absolute Gasteiger partial charge is 0.480 e. The minimum absolute atomic E-state index is 0.117. The van der Waals surface area contributed by atoms with Crippen LogP contribution in [0.1, 0.15) is 6.92 Å². The molecule has 2 amide bonds. The van der Waals surface area contributed by atoms with E-state index in [0.717, 1.165) is 5.69 Å². The number of amides is 2. The van der Waals surface area contributed by atoms with Crippen LogP contribution < -0.4 is 20.3 Å². The quantitative estimate of drug-likeness (QED) is 0.918. The monoisotopic (exact) mass is 326 g/mol. The Hall–Kier alpha value is -3.09. The highest BCUT2D eigenvalue weighted by atomic mass is 16.5. The van der Waals surface area contributed by atoms with E-state index >= 15 is 0 Å². The first kappa shape index (κ1) is 15.8. The van der Waals surface area contributed by atoms with E-state index in [2.05, 4.69) is 4.98 Å². The number of nitrogens with two attached hydrogens (primary N) is 1. The number of hydrogen-bond donors (Lipinski definition) is 1. The number of rotatable bonds is 4. The van der Waals surface area contributed by atoms with E-state index in [1.807, 2.05) is 37.3 Å². The van der Waals surface area contributed by atoms with Gasteiger partial charge >= 0.3 is 0 Å². The van der Waals surface area contributed by atoms with E-state index in [9.17, 15) is 9.59 Å². The lowest BCUT2D eigenvalue weighted by molar-refractivity contribution is -0.124. The Balaban J connectivity index is 1.86. The van der Waals surface area contributed by atoms with Crippen LogP contribution in [0, 0.1) is 0 Å². The number of benzene rings is 1. The first-order valence-corrected chi connectivity index (χ1v) is 7.65. The zero-order valence-electron chi connectivity index (χ0n) is 13.3. The number of likely N-dealkylation sites (N-methyl/N-ethyl adjacent to an activating group) is 1. The number of ether oxygens (including phenoxy) is 1. The summed E-state index contributed by atoms with van der Waals surface area (Å²) in [6.07, 6.45) is 0. The molecule has 0 spiro atoms. The molecule has 3 rings (SSSR count). The van der Waals surface area contributed by atoms with Crippen molar-refractivity contribution >= 4 is 29.1 Å². The van der Waals surface area contributed by atoms with Crippen LogP contribution in [0.25, 0.3) is 0 Å². The third-order valence-electron chi connectivity index (χ3n) is 3.75. The molecule has 2 N–H and O–H groups in total. The number of nitrogens with zero attached hydrogens (tertiary/aromatic N) is 3. The number of hydrogen-bond acceptors (Lipinski definition) is 5. The van der Waals surface area contributed by atoms with Gasteiger partial charge in [0, 0.05) is 12.2 Å². The average molecular weight is 326 g/mol. The topological polar surface area (TPSA) is 88.8 Å². The third-order valence-corrected chi connectivity index (χ3v) is 3.75. The van der Waals surface area contributed by atoms with Gasteiger partial charge in [0.05, 0.1) is 0 Å². The molecule has 7 nitrogen and oxygen atoms in total. The molecule has 0 saturated carbocycles. The highest BCUT2D eigenvalue weighted by Gasteiger charge is 2.30. The Morgan fingerprint density at radius 3 is 2.75 bits per heavy atom. The zero-order chi connectivity index (χ0) is 17.1. The predicted octanol–water partition coefficient (Wildman–Crippen LogP) is 1.44. The molecular weight excluding hydrogens is 308 g/mol. The maximum Gasteiger partial charge on any atom is 0.266 e. The highest BCUT2D eigenvalue weighted by molar-refractivity contribution is 6.05. The van der Waals surface area contributed by atoms with E-state index < -0.39 is 0 Å². The van der Waals surface area contributed by atoms with Crippen LogP contribution in [0.2, 0.25) is 0 Å². The Labute approximate surface area is 139 Å². The first-order valence-electron chi connectivity index (χ1n) is 7.65. The van der Waals surface area contributed by atoms with Crippen molar-refractivity contribution in [1.29, 1.82) is 0 Å². The van der Waals surface area contributed by atoms with Gasteiger partial charge in [-0.3, -0.25) is 14.5 Å². The number of aromatic nitrogens is 1. The molecule has 0 fully saturated rings. The second-order valence-corrected chi connectivity index (χ2v) is 5.30. The van der Waals surface area contributed by atoms with Crippen LogP contribution in [-0.2, 0) is 9.59 Å². The van der Waals surface area contributed by atoms with Crippen molar-refractivity contribution in [3.05, 3.63) is 42.5 Å². The van der Waals surface area contributed by atoms with Crippen molar-refractivity contribution in [3.8, 4) is 5.75 Å². The van der Waals surface area contributed by atoms with Crippen LogP contribution in [0.3, 0.4) is 0 Å². The van der Waals surface area contributed by atoms with Crippen LogP contribution in [0.4, 0.5) is 17.3 Å². The number of carbonyl (C=O) groups is 2. The standard InChI is InChI=1S/C17H18N4O3/c1-2-20(12-6-4-3-5-7-12)15(22)10-21-16(23)11-24-13-8-9-14(18)19-17(13)21/h3-9H,2,10-11H2,1H3,(H2,18,19). The molecule has 1 aliphatic heterocycles. The smallest absolute Gasteiger partial charge is 0.266 e. The average Bonchev–Trinajstić information content (AvgIpc) is 2.59. The van der Waals surface area contributed by atoms with E-state index in [1.165, 1.54) is 4.90 Å². The number of anilines is 3. The zero-order valence-corrected chi connectivity index (χ0v) is 13.3. The van der Waals surface area contributed by atoms with E-state index in [4.69, 9.17) is 10.5 Å². The second-order valence-electron chi connectivity index (χ2n) is 5.30. The normalized spacial score (nSPS) is 13.2. The van der Waals surface area contributed by atoms with Crippen molar-refractivity contribution < 1.29 is 14.3 Å². The lowest BCUT2D eigenvalue weighted by atomic mass is 10.2. The first-order chi connectivity index (χ1) is 11.6. The van der Waals surface area contributed by atoms with Gasteiger partial charge in [0.2, 0.25) is 5.91 Å². The van der Waals surface area contributed by atoms with Gasteiger partial charge in [-0.1, -0.05) is 18.2 Å². The number of pyridine rings is 1. The molecule has 0 bridgehead atoms. The lowest BCUT2D eigenvalue weighted by Crippen LogP contribution is -2.47. The van der Waals surface area contributed by atoms with Crippen molar-refractivity contribution in [2.45, 2.75) is 6.92 Å². The highest BCUT2D eigenvalue weighted by Crippen LogP contribution is 2.30. The minimum Gasteiger partial charge on any atom is -0.480 e. The van der Waals surface area contributed by atoms with Crippen molar-refractivity contribution in [3.63, 3.8) is 0 Å². The fourth-order valence-electron chi connectivity index (χ4n) is 2.59. The summed E-state index contributed by atoms with van der Waals surface area (Å²) in [6, 6.07) is 12.6. The summed E-state index contributed by atoms with van der Waals surface area (Å²) in [5, 5.41) is 0. The van der Waals surface area contributed by atoms with E-state index in [1.54, 1.807) is 17.0 Å². The number of fused-ring (bicyclic) bond motifs is 1. The van der Waals surface area contributed by atoms with E-state index in [-0.39, 0.29) is 36.6 Å². The Morgan fingerprint density at radius 2 is 2.04 bits per heavy atom. The summed E-state index contributed by atoms with van der Waals surface area (Å²) < 4.78 is 5.34. The van der Waals surface area contributed by atoms with E-state index in [0.29, 0.717) is 12.3 Å². The van der Waals surface area contributed by atoms with Crippen molar-refractivity contribution in [1.82, 2.24) is 4.98 Å². The molecule has 1 aromatic carbocycles. The summed E-state index contributed by atoms with van der Waals surface area (Å²) in [7, 11) is 0. The SMILES string of the molecule is CCN(C(=O)CN1C(=O)COc2ccc(N)nc21)c1ccccc1. The molecule has 7 heteroatoms. The molecule has 124 valence electrons. The fourth-order valence-corrected chi connectivity index (χ4v) is 2.59. The summed E-state index contributed by atoms with van der Waals surface area (Å²) in [6.45, 7) is 2.15. The third kappa shape index (κ3) is 3.01. The van der Waals surface area contributed by atoms with Crippen LogP contribution >= 0.6 is 0 Å². The van der Waals surface area contributed by atoms with Gasteiger partial charge in [-0.25, -0.2) is 4.98 Å². The number of nitrogen functional groups attached to an aromatic ring is 1. The Bertz CT molecular complexity index is 764. The summed E-state index contributed by atoms with van der Waals surface area (Å²) in [5.41, 5.74) is 6.48. The molecule has 1 aliphatic rings. The fraction of sp³-hybridized carbons (Fsp3) is 0.235. The van der Waals surface area contributed by atoms with Gasteiger partial charge < -0.3 is 15.4 Å². The molecule has 0 unspecified atom stereocenters. The molecule has 2 aromatic rings. The van der Waals surface area contributed by atoms with Crippen LogP contribution in [0.5, 0.6) is 5.75 Å².